The highest BCUT2D eigenvalue weighted by Gasteiger charge is 2.16. The zero-order valence-corrected chi connectivity index (χ0v) is 12.3. The van der Waals surface area contributed by atoms with Gasteiger partial charge in [-0.25, -0.2) is 10.0 Å². The summed E-state index contributed by atoms with van der Waals surface area (Å²) in [6.45, 7) is 0.234. The summed E-state index contributed by atoms with van der Waals surface area (Å²) in [6.07, 6.45) is 0. The van der Waals surface area contributed by atoms with Crippen LogP contribution in [0.3, 0.4) is 0 Å². The second-order valence-corrected chi connectivity index (χ2v) is 5.07. The molecule has 0 saturated carbocycles. The summed E-state index contributed by atoms with van der Waals surface area (Å²) < 4.78 is 10.6. The number of hydroxylamine groups is 2. The molecule has 2 aromatic rings. The number of nitrogens with one attached hydrogen (secondary N) is 1. The largest absolute Gasteiger partial charge is 0.454 e. The molecule has 3 rings (SSSR count). The fourth-order valence-corrected chi connectivity index (χ4v) is 2.48. The Morgan fingerprint density at radius 2 is 2.24 bits per heavy atom. The van der Waals surface area contributed by atoms with Crippen molar-refractivity contribution in [3.05, 3.63) is 29.3 Å². The Labute approximate surface area is 125 Å². The number of nitrogens with zero attached hydrogens (tertiary/aromatic N) is 2. The first-order valence-electron chi connectivity index (χ1n) is 6.12. The second kappa shape index (κ2) is 5.58. The number of anilines is 2. The molecule has 1 aromatic heterocycles. The van der Waals surface area contributed by atoms with Gasteiger partial charge < -0.3 is 14.8 Å². The van der Waals surface area contributed by atoms with E-state index < -0.39 is 0 Å². The smallest absolute Gasteiger partial charge is 0.296 e. The molecule has 8 heteroatoms. The lowest BCUT2D eigenvalue weighted by molar-refractivity contribution is -0.0759. The maximum atomic E-state index is 11.9. The SMILES string of the molecule is CON(C)C(=O)c1csc(Nc2ccc3c(c2)OCO3)n1. The summed E-state index contributed by atoms with van der Waals surface area (Å²) in [5.74, 6) is 1.11. The van der Waals surface area contributed by atoms with Crippen molar-refractivity contribution in [2.75, 3.05) is 26.3 Å². The fraction of sp³-hybridized carbons (Fsp3) is 0.231. The first kappa shape index (κ1) is 13.7. The molecule has 1 amide bonds. The van der Waals surface area contributed by atoms with Gasteiger partial charge in [-0.2, -0.15) is 0 Å². The molecular formula is C13H13N3O4S. The number of hydrogen-bond donors (Lipinski definition) is 1. The van der Waals surface area contributed by atoms with Crippen LogP contribution >= 0.6 is 11.3 Å². The zero-order valence-electron chi connectivity index (χ0n) is 11.5. The highest BCUT2D eigenvalue weighted by molar-refractivity contribution is 7.14. The Kier molecular flexibility index (Phi) is 3.63. The number of carbonyl (C=O) groups is 1. The Morgan fingerprint density at radius 1 is 1.43 bits per heavy atom. The predicted molar refractivity (Wildman–Crippen MR) is 77.1 cm³/mol. The average molecular weight is 307 g/mol. The lowest BCUT2D eigenvalue weighted by atomic mass is 10.3. The Hall–Kier alpha value is -2.32. The third-order valence-electron chi connectivity index (χ3n) is 2.91. The van der Waals surface area contributed by atoms with Gasteiger partial charge in [0.25, 0.3) is 5.91 Å². The third kappa shape index (κ3) is 2.76. The van der Waals surface area contributed by atoms with Crippen LogP contribution in [0.15, 0.2) is 23.6 Å². The van der Waals surface area contributed by atoms with Crippen molar-refractivity contribution in [2.24, 2.45) is 0 Å². The molecule has 1 aliphatic heterocycles. The Balaban J connectivity index is 1.74. The minimum Gasteiger partial charge on any atom is -0.454 e. The van der Waals surface area contributed by atoms with Crippen molar-refractivity contribution >= 4 is 28.1 Å². The highest BCUT2D eigenvalue weighted by atomic mass is 32.1. The van der Waals surface area contributed by atoms with E-state index >= 15 is 0 Å². The summed E-state index contributed by atoms with van der Waals surface area (Å²) in [5.41, 5.74) is 1.14. The number of thiazole rings is 1. The molecule has 1 N–H and O–H groups in total. The number of hydrogen-bond acceptors (Lipinski definition) is 7. The molecule has 0 saturated heterocycles. The van der Waals surface area contributed by atoms with Crippen LogP contribution < -0.4 is 14.8 Å². The van der Waals surface area contributed by atoms with Crippen LogP contribution in [-0.4, -0.2) is 36.9 Å². The van der Waals surface area contributed by atoms with Gasteiger partial charge in [0, 0.05) is 24.2 Å². The molecule has 21 heavy (non-hydrogen) atoms. The topological polar surface area (TPSA) is 72.9 Å². The van der Waals surface area contributed by atoms with Gasteiger partial charge in [-0.3, -0.25) is 9.63 Å². The Bertz CT molecular complexity index is 673. The quantitative estimate of drug-likeness (QED) is 0.873. The van der Waals surface area contributed by atoms with E-state index in [1.165, 1.54) is 25.5 Å². The van der Waals surface area contributed by atoms with Crippen molar-refractivity contribution in [3.8, 4) is 11.5 Å². The van der Waals surface area contributed by atoms with Gasteiger partial charge in [0.2, 0.25) is 6.79 Å². The fourth-order valence-electron chi connectivity index (χ4n) is 1.77. The molecule has 7 nitrogen and oxygen atoms in total. The summed E-state index contributed by atoms with van der Waals surface area (Å²) in [6, 6.07) is 5.51. The Morgan fingerprint density at radius 3 is 3.05 bits per heavy atom. The highest BCUT2D eigenvalue weighted by Crippen LogP contribution is 2.35. The lowest BCUT2D eigenvalue weighted by Crippen LogP contribution is -2.25. The van der Waals surface area contributed by atoms with Crippen molar-refractivity contribution in [1.82, 2.24) is 10.0 Å². The van der Waals surface area contributed by atoms with Crippen molar-refractivity contribution in [3.63, 3.8) is 0 Å². The molecule has 0 unspecified atom stereocenters. The van der Waals surface area contributed by atoms with E-state index in [4.69, 9.17) is 14.3 Å². The van der Waals surface area contributed by atoms with E-state index in [2.05, 4.69) is 10.3 Å². The lowest BCUT2D eigenvalue weighted by Gasteiger charge is -2.11. The standard InChI is InChI=1S/C13H13N3O4S/c1-16(18-2)12(17)9-6-21-13(15-9)14-8-3-4-10-11(5-8)20-7-19-10/h3-6H,7H2,1-2H3,(H,14,15). The number of amides is 1. The average Bonchev–Trinajstić information content (AvgIpc) is 3.14. The maximum absolute atomic E-state index is 11.9. The normalized spacial score (nSPS) is 12.3. The molecule has 0 aliphatic carbocycles. The summed E-state index contributed by atoms with van der Waals surface area (Å²) >= 11 is 1.34. The van der Waals surface area contributed by atoms with Crippen LogP contribution in [0.25, 0.3) is 0 Å². The second-order valence-electron chi connectivity index (χ2n) is 4.22. The number of fused-ring (bicyclic) bond motifs is 1. The van der Waals surface area contributed by atoms with Gasteiger partial charge >= 0.3 is 0 Å². The van der Waals surface area contributed by atoms with Crippen LogP contribution in [0.2, 0.25) is 0 Å². The molecule has 110 valence electrons. The molecule has 0 atom stereocenters. The van der Waals surface area contributed by atoms with E-state index in [0.29, 0.717) is 16.6 Å². The van der Waals surface area contributed by atoms with Gasteiger partial charge in [-0.1, -0.05) is 0 Å². The molecule has 1 aromatic carbocycles. The number of ether oxygens (including phenoxy) is 2. The molecule has 0 radical (unpaired) electrons. The van der Waals surface area contributed by atoms with Gasteiger partial charge in [-0.15, -0.1) is 11.3 Å². The van der Waals surface area contributed by atoms with E-state index in [9.17, 15) is 4.79 Å². The monoisotopic (exact) mass is 307 g/mol. The third-order valence-corrected chi connectivity index (χ3v) is 3.66. The van der Waals surface area contributed by atoms with E-state index in [-0.39, 0.29) is 12.7 Å². The first-order valence-corrected chi connectivity index (χ1v) is 6.99. The van der Waals surface area contributed by atoms with Crippen LogP contribution in [-0.2, 0) is 4.84 Å². The van der Waals surface area contributed by atoms with Crippen LogP contribution in [0, 0.1) is 0 Å². The number of aromatic nitrogens is 1. The molecule has 2 heterocycles. The first-order chi connectivity index (χ1) is 10.2. The van der Waals surface area contributed by atoms with Crippen LogP contribution in [0.4, 0.5) is 10.8 Å². The van der Waals surface area contributed by atoms with Crippen molar-refractivity contribution in [2.45, 2.75) is 0 Å². The van der Waals surface area contributed by atoms with Gasteiger partial charge in [0.1, 0.15) is 5.69 Å². The molecule has 0 fully saturated rings. The molecule has 1 aliphatic rings. The maximum Gasteiger partial charge on any atom is 0.296 e. The minimum absolute atomic E-state index is 0.234. The van der Waals surface area contributed by atoms with Gasteiger partial charge in [0.05, 0.1) is 7.11 Å². The van der Waals surface area contributed by atoms with Crippen molar-refractivity contribution in [1.29, 1.82) is 0 Å². The number of carbonyl (C=O) groups excluding carboxylic acids is 1. The summed E-state index contributed by atoms with van der Waals surface area (Å²) in [5, 5.41) is 6.54. The predicted octanol–water partition coefficient (Wildman–Crippen LogP) is 2.25. The van der Waals surface area contributed by atoms with E-state index in [0.717, 1.165) is 16.5 Å². The van der Waals surface area contributed by atoms with E-state index in [1.54, 1.807) is 5.38 Å². The molecule has 0 bridgehead atoms. The van der Waals surface area contributed by atoms with Crippen LogP contribution in [0.5, 0.6) is 11.5 Å². The number of benzene rings is 1. The minimum atomic E-state index is -0.299. The van der Waals surface area contributed by atoms with Crippen molar-refractivity contribution < 1.29 is 19.1 Å². The van der Waals surface area contributed by atoms with Gasteiger partial charge in [-0.05, 0) is 12.1 Å². The summed E-state index contributed by atoms with van der Waals surface area (Å²) in [7, 11) is 2.96. The molecule has 0 spiro atoms. The zero-order chi connectivity index (χ0) is 14.8. The number of rotatable bonds is 4. The van der Waals surface area contributed by atoms with Gasteiger partial charge in [0.15, 0.2) is 16.6 Å². The summed E-state index contributed by atoms with van der Waals surface area (Å²) in [4.78, 5) is 20.9. The van der Waals surface area contributed by atoms with Crippen LogP contribution in [0.1, 0.15) is 10.5 Å². The van der Waals surface area contributed by atoms with E-state index in [1.807, 2.05) is 18.2 Å². The molecular weight excluding hydrogens is 294 g/mol.